The summed E-state index contributed by atoms with van der Waals surface area (Å²) in [5, 5.41) is 29.8. The third kappa shape index (κ3) is 3.09. The van der Waals surface area contributed by atoms with E-state index in [1.165, 1.54) is 0 Å². The van der Waals surface area contributed by atoms with Crippen LogP contribution in [-0.4, -0.2) is 32.6 Å². The van der Waals surface area contributed by atoms with Gasteiger partial charge in [0.25, 0.3) is 5.78 Å². The van der Waals surface area contributed by atoms with Crippen molar-refractivity contribution < 1.29 is 24.7 Å². The molecular formula is C15H13NO6. The second-order valence-electron chi connectivity index (χ2n) is 4.96. The minimum absolute atomic E-state index is 0.122. The molecule has 0 saturated heterocycles. The Bertz CT molecular complexity index is 691. The molecule has 0 fully saturated rings. The molecule has 0 heterocycles. The van der Waals surface area contributed by atoms with Crippen LogP contribution >= 0.6 is 0 Å². The predicted molar refractivity (Wildman–Crippen MR) is 75.5 cm³/mol. The summed E-state index contributed by atoms with van der Waals surface area (Å²) in [6.45, 7) is 0. The van der Waals surface area contributed by atoms with Gasteiger partial charge in [0, 0.05) is 11.6 Å². The molecule has 2 N–H and O–H groups in total. The number of allylic oxidation sites excluding steroid dienone is 1. The minimum atomic E-state index is -2.33. The van der Waals surface area contributed by atoms with Gasteiger partial charge in [0.15, 0.2) is 0 Å². The number of aliphatic carboxylic acids is 1. The second-order valence-corrected chi connectivity index (χ2v) is 4.96. The molecule has 0 amide bonds. The molecule has 1 aromatic carbocycles. The summed E-state index contributed by atoms with van der Waals surface area (Å²) in [6.07, 6.45) is 1.58. The van der Waals surface area contributed by atoms with Crippen molar-refractivity contribution in [3.8, 4) is 0 Å². The lowest BCUT2D eigenvalue weighted by atomic mass is 9.86. The van der Waals surface area contributed by atoms with Crippen LogP contribution in [0.2, 0.25) is 0 Å². The smallest absolute Gasteiger partial charge is 0.377 e. The molecule has 1 aliphatic carbocycles. The fourth-order valence-electron chi connectivity index (χ4n) is 2.28. The molecule has 0 radical (unpaired) electrons. The summed E-state index contributed by atoms with van der Waals surface area (Å²) in [5.41, 5.74) is -1.47. The Morgan fingerprint density at radius 3 is 2.45 bits per heavy atom. The van der Waals surface area contributed by atoms with E-state index in [1.54, 1.807) is 30.3 Å². The van der Waals surface area contributed by atoms with Crippen molar-refractivity contribution >= 4 is 11.8 Å². The van der Waals surface area contributed by atoms with E-state index in [0.29, 0.717) is 0 Å². The standard InChI is InChI=1S/C15H13NO6/c17-13(14(18)19)12-6-7-15(20,16(21)22)9-11(12)8-10-4-2-1-3-5-10/h1-7,20H,8-9H2,(H,18,19). The average molecular weight is 303 g/mol. The van der Waals surface area contributed by atoms with Gasteiger partial charge < -0.3 is 10.2 Å². The lowest BCUT2D eigenvalue weighted by molar-refractivity contribution is -0.607. The zero-order chi connectivity index (χ0) is 16.3. The molecule has 7 heteroatoms. The Balaban J connectivity index is 2.43. The number of hydrogen-bond donors (Lipinski definition) is 2. The van der Waals surface area contributed by atoms with Crippen molar-refractivity contribution in [3.63, 3.8) is 0 Å². The number of carboxylic acid groups (broad SMARTS) is 1. The van der Waals surface area contributed by atoms with Gasteiger partial charge in [-0.15, -0.1) is 0 Å². The number of carbonyl (C=O) groups is 2. The Hall–Kier alpha value is -2.80. The van der Waals surface area contributed by atoms with E-state index in [4.69, 9.17) is 5.11 Å². The third-order valence-electron chi connectivity index (χ3n) is 3.39. The maximum Gasteiger partial charge on any atom is 0.377 e. The first kappa shape index (κ1) is 15.6. The first-order chi connectivity index (χ1) is 10.3. The van der Waals surface area contributed by atoms with Crippen LogP contribution in [0.15, 0.2) is 53.6 Å². The third-order valence-corrected chi connectivity index (χ3v) is 3.39. The maximum absolute atomic E-state index is 11.7. The number of carbonyl (C=O) groups excluding carboxylic acids is 1. The second kappa shape index (κ2) is 5.90. The number of rotatable bonds is 5. The first-order valence-corrected chi connectivity index (χ1v) is 6.43. The molecule has 0 spiro atoms. The fraction of sp³-hybridized carbons (Fsp3) is 0.200. The molecule has 7 nitrogen and oxygen atoms in total. The number of aliphatic hydroxyl groups is 1. The summed E-state index contributed by atoms with van der Waals surface area (Å²) in [4.78, 5) is 32.7. The van der Waals surface area contributed by atoms with Crippen molar-refractivity contribution in [2.24, 2.45) is 0 Å². The molecule has 1 unspecified atom stereocenters. The minimum Gasteiger partial charge on any atom is -0.475 e. The van der Waals surface area contributed by atoms with Gasteiger partial charge in [-0.3, -0.25) is 14.9 Å². The summed E-state index contributed by atoms with van der Waals surface area (Å²) < 4.78 is 0. The van der Waals surface area contributed by atoms with Gasteiger partial charge in [-0.2, -0.15) is 0 Å². The van der Waals surface area contributed by atoms with Gasteiger partial charge in [-0.1, -0.05) is 30.3 Å². The van der Waals surface area contributed by atoms with Crippen molar-refractivity contribution in [1.82, 2.24) is 0 Å². The highest BCUT2D eigenvalue weighted by atomic mass is 16.7. The number of hydrogen-bond acceptors (Lipinski definition) is 5. The van der Waals surface area contributed by atoms with E-state index >= 15 is 0 Å². The number of benzene rings is 1. The largest absolute Gasteiger partial charge is 0.475 e. The molecule has 2 rings (SSSR count). The van der Waals surface area contributed by atoms with Gasteiger partial charge in [-0.25, -0.2) is 4.79 Å². The van der Waals surface area contributed by atoms with Gasteiger partial charge in [0.2, 0.25) is 0 Å². The zero-order valence-corrected chi connectivity index (χ0v) is 11.4. The van der Waals surface area contributed by atoms with E-state index in [1.807, 2.05) is 0 Å². The number of ketones is 1. The van der Waals surface area contributed by atoms with Crippen molar-refractivity contribution in [3.05, 3.63) is 69.3 Å². The molecule has 0 saturated carbocycles. The average Bonchev–Trinajstić information content (AvgIpc) is 2.47. The van der Waals surface area contributed by atoms with Gasteiger partial charge >= 0.3 is 11.7 Å². The van der Waals surface area contributed by atoms with Crippen LogP contribution in [-0.2, 0) is 16.0 Å². The lowest BCUT2D eigenvalue weighted by Crippen LogP contribution is -2.39. The van der Waals surface area contributed by atoms with Crippen LogP contribution in [0.5, 0.6) is 0 Å². The number of carboxylic acids is 1. The summed E-state index contributed by atoms with van der Waals surface area (Å²) in [7, 11) is 0. The molecule has 1 atom stereocenters. The monoisotopic (exact) mass is 303 g/mol. The van der Waals surface area contributed by atoms with Crippen molar-refractivity contribution in [2.45, 2.75) is 18.6 Å². The van der Waals surface area contributed by atoms with Crippen molar-refractivity contribution in [2.75, 3.05) is 0 Å². The predicted octanol–water partition coefficient (Wildman–Crippen LogP) is 1.10. The number of nitrogens with zero attached hydrogens (tertiary/aromatic N) is 1. The molecule has 0 aromatic heterocycles. The van der Waals surface area contributed by atoms with E-state index in [2.05, 4.69) is 0 Å². The van der Waals surface area contributed by atoms with Crippen LogP contribution in [0, 0.1) is 10.1 Å². The number of nitro groups is 1. The first-order valence-electron chi connectivity index (χ1n) is 6.43. The Morgan fingerprint density at radius 1 is 1.27 bits per heavy atom. The molecule has 1 aliphatic rings. The van der Waals surface area contributed by atoms with Crippen LogP contribution in [0.3, 0.4) is 0 Å². The Labute approximate surface area is 125 Å². The quantitative estimate of drug-likeness (QED) is 0.364. The molecule has 22 heavy (non-hydrogen) atoms. The van der Waals surface area contributed by atoms with Gasteiger partial charge in [0.05, 0.1) is 11.3 Å². The fourth-order valence-corrected chi connectivity index (χ4v) is 2.28. The normalized spacial score (nSPS) is 20.8. The lowest BCUT2D eigenvalue weighted by Gasteiger charge is -2.23. The Kier molecular flexibility index (Phi) is 4.18. The van der Waals surface area contributed by atoms with E-state index < -0.39 is 28.8 Å². The van der Waals surface area contributed by atoms with Gasteiger partial charge in [-0.05, 0) is 23.6 Å². The molecule has 1 aromatic rings. The highest BCUT2D eigenvalue weighted by molar-refractivity contribution is 6.40. The Morgan fingerprint density at radius 2 is 1.91 bits per heavy atom. The van der Waals surface area contributed by atoms with Gasteiger partial charge in [0.1, 0.15) is 0 Å². The van der Waals surface area contributed by atoms with E-state index in [0.717, 1.165) is 17.7 Å². The molecule has 0 aliphatic heterocycles. The van der Waals surface area contributed by atoms with Crippen LogP contribution in [0.1, 0.15) is 12.0 Å². The number of Topliss-reactive ketones (excluding diaryl/α,β-unsaturated/α-hetero) is 1. The maximum atomic E-state index is 11.7. The van der Waals surface area contributed by atoms with Crippen LogP contribution < -0.4 is 0 Å². The molecule has 0 bridgehead atoms. The van der Waals surface area contributed by atoms with E-state index in [9.17, 15) is 24.8 Å². The zero-order valence-electron chi connectivity index (χ0n) is 11.4. The highest BCUT2D eigenvalue weighted by Gasteiger charge is 2.42. The summed E-state index contributed by atoms with van der Waals surface area (Å²) in [5.74, 6) is -2.79. The molecule has 114 valence electrons. The SMILES string of the molecule is O=C(O)C(=O)C1=C(Cc2ccccc2)CC(O)([N+](=O)[O-])C=C1. The van der Waals surface area contributed by atoms with Crippen LogP contribution in [0.25, 0.3) is 0 Å². The highest BCUT2D eigenvalue weighted by Crippen LogP contribution is 2.30. The van der Waals surface area contributed by atoms with E-state index in [-0.39, 0.29) is 17.6 Å². The van der Waals surface area contributed by atoms with Crippen LogP contribution in [0.4, 0.5) is 0 Å². The molecular weight excluding hydrogens is 290 g/mol. The topological polar surface area (TPSA) is 118 Å². The summed E-state index contributed by atoms with van der Waals surface area (Å²) in [6, 6.07) is 8.80. The van der Waals surface area contributed by atoms with Crippen molar-refractivity contribution in [1.29, 1.82) is 0 Å². The summed E-state index contributed by atoms with van der Waals surface area (Å²) >= 11 is 0.